The SMILES string of the molecule is C#Cc1ccc(CNC(=O)[C@@H]2C[C@@H](O)CN2C(=O)C(c2cc(C(C)C)no2)C(C)C)c(F)c1. The first-order chi connectivity index (χ1) is 15.6. The van der Waals surface area contributed by atoms with Gasteiger partial charge >= 0.3 is 0 Å². The molecule has 0 spiro atoms. The fourth-order valence-electron chi connectivity index (χ4n) is 4.02. The van der Waals surface area contributed by atoms with Gasteiger partial charge in [0.15, 0.2) is 0 Å². The van der Waals surface area contributed by atoms with Crippen molar-refractivity contribution in [3.05, 3.63) is 52.7 Å². The van der Waals surface area contributed by atoms with Crippen molar-refractivity contribution >= 4 is 11.8 Å². The second kappa shape index (κ2) is 10.2. The standard InChI is InChI=1S/C25H30FN3O4/c1-6-16-7-8-17(19(26)9-16)12-27-24(31)21-10-18(30)13-29(21)25(32)23(15(4)5)22-11-20(14(2)3)28-33-22/h1,7-9,11,14-15,18,21,23,30H,10,12-13H2,2-5H3,(H,27,31)/t18-,21+,23?/m1/s1. The number of hydrogen-bond donors (Lipinski definition) is 2. The average Bonchev–Trinajstić information content (AvgIpc) is 3.39. The van der Waals surface area contributed by atoms with Gasteiger partial charge in [0, 0.05) is 36.7 Å². The van der Waals surface area contributed by atoms with Gasteiger partial charge in [-0.1, -0.05) is 44.8 Å². The Bertz CT molecular complexity index is 1060. The average molecular weight is 456 g/mol. The van der Waals surface area contributed by atoms with E-state index in [4.69, 9.17) is 10.9 Å². The quantitative estimate of drug-likeness (QED) is 0.626. The first-order valence-corrected chi connectivity index (χ1v) is 11.1. The van der Waals surface area contributed by atoms with E-state index in [1.807, 2.05) is 27.7 Å². The fourth-order valence-corrected chi connectivity index (χ4v) is 4.02. The first kappa shape index (κ1) is 24.5. The summed E-state index contributed by atoms with van der Waals surface area (Å²) in [5.41, 5.74) is 1.44. The Morgan fingerprint density at radius 1 is 1.33 bits per heavy atom. The van der Waals surface area contributed by atoms with Gasteiger partial charge in [-0.3, -0.25) is 9.59 Å². The summed E-state index contributed by atoms with van der Waals surface area (Å²) in [6.45, 7) is 7.73. The van der Waals surface area contributed by atoms with Crippen LogP contribution in [-0.4, -0.2) is 45.7 Å². The highest BCUT2D eigenvalue weighted by Crippen LogP contribution is 2.32. The molecule has 1 aromatic heterocycles. The number of nitrogens with zero attached hydrogens (tertiary/aromatic N) is 2. The predicted molar refractivity (Wildman–Crippen MR) is 120 cm³/mol. The molecule has 1 fully saturated rings. The van der Waals surface area contributed by atoms with E-state index in [1.165, 1.54) is 17.0 Å². The summed E-state index contributed by atoms with van der Waals surface area (Å²) >= 11 is 0. The molecule has 176 valence electrons. The fraction of sp³-hybridized carbons (Fsp3) is 0.480. The van der Waals surface area contributed by atoms with Crippen molar-refractivity contribution in [2.75, 3.05) is 6.54 Å². The van der Waals surface area contributed by atoms with Gasteiger partial charge in [0.2, 0.25) is 11.8 Å². The van der Waals surface area contributed by atoms with Crippen LogP contribution in [0.15, 0.2) is 28.8 Å². The van der Waals surface area contributed by atoms with E-state index in [0.717, 1.165) is 5.69 Å². The van der Waals surface area contributed by atoms with Crippen LogP contribution >= 0.6 is 0 Å². The maximum Gasteiger partial charge on any atom is 0.243 e. The molecular formula is C25H30FN3O4. The van der Waals surface area contributed by atoms with Crippen molar-refractivity contribution in [3.8, 4) is 12.3 Å². The molecule has 2 heterocycles. The lowest BCUT2D eigenvalue weighted by Gasteiger charge is -2.28. The Kier molecular flexibility index (Phi) is 7.54. The highest BCUT2D eigenvalue weighted by molar-refractivity contribution is 5.91. The molecule has 3 atom stereocenters. The van der Waals surface area contributed by atoms with E-state index in [-0.39, 0.29) is 42.8 Å². The summed E-state index contributed by atoms with van der Waals surface area (Å²) in [5.74, 6) is 0.908. The van der Waals surface area contributed by atoms with Crippen molar-refractivity contribution in [1.82, 2.24) is 15.4 Å². The zero-order chi connectivity index (χ0) is 24.3. The molecule has 2 aromatic rings. The minimum Gasteiger partial charge on any atom is -0.391 e. The van der Waals surface area contributed by atoms with Crippen molar-refractivity contribution in [1.29, 1.82) is 0 Å². The molecule has 2 amide bonds. The third-order valence-corrected chi connectivity index (χ3v) is 5.91. The highest BCUT2D eigenvalue weighted by atomic mass is 19.1. The number of aliphatic hydroxyl groups is 1. The number of halogens is 1. The van der Waals surface area contributed by atoms with Gasteiger partial charge < -0.3 is 19.8 Å². The van der Waals surface area contributed by atoms with E-state index >= 15 is 0 Å². The van der Waals surface area contributed by atoms with E-state index in [9.17, 15) is 19.1 Å². The first-order valence-electron chi connectivity index (χ1n) is 11.1. The van der Waals surface area contributed by atoms with E-state index < -0.39 is 29.8 Å². The zero-order valence-corrected chi connectivity index (χ0v) is 19.3. The maximum absolute atomic E-state index is 14.2. The Labute approximate surface area is 193 Å². The molecule has 1 unspecified atom stereocenters. The molecule has 2 N–H and O–H groups in total. The Hall–Kier alpha value is -3.18. The number of hydrogen-bond acceptors (Lipinski definition) is 5. The van der Waals surface area contributed by atoms with Crippen molar-refractivity contribution in [2.24, 2.45) is 5.92 Å². The number of carbonyl (C=O) groups is 2. The number of aliphatic hydroxyl groups excluding tert-OH is 1. The van der Waals surface area contributed by atoms with Gasteiger partial charge in [-0.15, -0.1) is 6.42 Å². The smallest absolute Gasteiger partial charge is 0.243 e. The van der Waals surface area contributed by atoms with Gasteiger partial charge in [-0.05, 0) is 24.0 Å². The minimum absolute atomic E-state index is 0.0382. The Balaban J connectivity index is 1.76. The number of terminal acetylenes is 1. The number of likely N-dealkylation sites (tertiary alicyclic amines) is 1. The van der Waals surface area contributed by atoms with Crippen molar-refractivity contribution in [3.63, 3.8) is 0 Å². The summed E-state index contributed by atoms with van der Waals surface area (Å²) in [6, 6.07) is 5.25. The summed E-state index contributed by atoms with van der Waals surface area (Å²) in [7, 11) is 0. The molecule has 33 heavy (non-hydrogen) atoms. The van der Waals surface area contributed by atoms with Crippen LogP contribution in [0.1, 0.15) is 68.5 Å². The molecule has 0 saturated carbocycles. The highest BCUT2D eigenvalue weighted by Gasteiger charge is 2.43. The van der Waals surface area contributed by atoms with Gasteiger partial charge in [-0.25, -0.2) is 4.39 Å². The Morgan fingerprint density at radius 2 is 2.06 bits per heavy atom. The summed E-state index contributed by atoms with van der Waals surface area (Å²) in [4.78, 5) is 27.8. The van der Waals surface area contributed by atoms with Crippen LogP contribution in [0.3, 0.4) is 0 Å². The summed E-state index contributed by atoms with van der Waals surface area (Å²) in [6.07, 6.45) is 4.55. The number of amides is 2. The van der Waals surface area contributed by atoms with Gasteiger partial charge in [0.25, 0.3) is 0 Å². The normalized spacial score (nSPS) is 19.1. The largest absolute Gasteiger partial charge is 0.391 e. The second-order valence-electron chi connectivity index (χ2n) is 9.09. The molecule has 0 bridgehead atoms. The lowest BCUT2D eigenvalue weighted by molar-refractivity contribution is -0.141. The third kappa shape index (κ3) is 5.42. The van der Waals surface area contributed by atoms with Crippen LogP contribution in [0.25, 0.3) is 0 Å². The number of aromatic nitrogens is 1. The molecule has 0 aliphatic carbocycles. The van der Waals surface area contributed by atoms with Crippen molar-refractivity contribution < 1.29 is 23.6 Å². The molecule has 1 aromatic carbocycles. The van der Waals surface area contributed by atoms with Crippen LogP contribution in [0, 0.1) is 24.1 Å². The van der Waals surface area contributed by atoms with Crippen LogP contribution in [0.2, 0.25) is 0 Å². The molecule has 8 heteroatoms. The van der Waals surface area contributed by atoms with Crippen LogP contribution in [0.5, 0.6) is 0 Å². The molecular weight excluding hydrogens is 425 g/mol. The van der Waals surface area contributed by atoms with Crippen LogP contribution < -0.4 is 5.32 Å². The number of benzene rings is 1. The number of β-amino-alcohol motifs (C(OH)–C–C–N with tert-alkyl or cyclic N) is 1. The maximum atomic E-state index is 14.2. The molecule has 1 saturated heterocycles. The molecule has 3 rings (SSSR count). The van der Waals surface area contributed by atoms with E-state index in [2.05, 4.69) is 16.4 Å². The summed E-state index contributed by atoms with van der Waals surface area (Å²) in [5, 5.41) is 17.0. The monoisotopic (exact) mass is 455 g/mol. The molecule has 1 aliphatic rings. The lowest BCUT2D eigenvalue weighted by Crippen LogP contribution is -2.48. The number of carbonyl (C=O) groups excluding carboxylic acids is 2. The van der Waals surface area contributed by atoms with E-state index in [0.29, 0.717) is 11.3 Å². The molecule has 1 aliphatic heterocycles. The number of rotatable bonds is 7. The predicted octanol–water partition coefficient (Wildman–Crippen LogP) is 2.94. The van der Waals surface area contributed by atoms with Crippen LogP contribution in [0.4, 0.5) is 4.39 Å². The van der Waals surface area contributed by atoms with E-state index in [1.54, 1.807) is 12.1 Å². The van der Waals surface area contributed by atoms with Gasteiger partial charge in [-0.2, -0.15) is 0 Å². The third-order valence-electron chi connectivity index (χ3n) is 5.91. The molecule has 0 radical (unpaired) electrons. The lowest BCUT2D eigenvalue weighted by atomic mass is 9.90. The van der Waals surface area contributed by atoms with Crippen LogP contribution in [-0.2, 0) is 16.1 Å². The number of nitrogens with one attached hydrogen (secondary N) is 1. The topological polar surface area (TPSA) is 95.7 Å². The molecule has 7 nitrogen and oxygen atoms in total. The Morgan fingerprint density at radius 3 is 2.64 bits per heavy atom. The van der Waals surface area contributed by atoms with Gasteiger partial charge in [0.1, 0.15) is 23.5 Å². The second-order valence-corrected chi connectivity index (χ2v) is 9.09. The zero-order valence-electron chi connectivity index (χ0n) is 19.3. The minimum atomic E-state index is -0.866. The summed E-state index contributed by atoms with van der Waals surface area (Å²) < 4.78 is 19.7. The van der Waals surface area contributed by atoms with Gasteiger partial charge in [0.05, 0.1) is 11.8 Å². The van der Waals surface area contributed by atoms with Crippen molar-refractivity contribution in [2.45, 2.75) is 64.6 Å².